The van der Waals surface area contributed by atoms with Gasteiger partial charge in [0.05, 0.1) is 6.61 Å². The average Bonchev–Trinajstić information content (AvgIpc) is 3.18. The summed E-state index contributed by atoms with van der Waals surface area (Å²) in [6, 6.07) is 12.7. The van der Waals surface area contributed by atoms with Crippen LogP contribution >= 0.6 is 0 Å². The molecule has 0 aliphatic carbocycles. The Morgan fingerprint density at radius 2 is 1.72 bits per heavy atom. The number of carbonyl (C=O) groups is 1. The van der Waals surface area contributed by atoms with E-state index in [1.807, 2.05) is 4.90 Å². The molecule has 2 aromatic rings. The summed E-state index contributed by atoms with van der Waals surface area (Å²) in [4.78, 5) is 13.5. The van der Waals surface area contributed by atoms with Gasteiger partial charge in [-0.15, -0.1) is 0 Å². The highest BCUT2D eigenvalue weighted by Crippen LogP contribution is 2.13. The van der Waals surface area contributed by atoms with Crippen LogP contribution in [0.5, 0.6) is 11.5 Å². The van der Waals surface area contributed by atoms with Gasteiger partial charge < -0.3 is 19.8 Å². The number of nitrogens with zero attached hydrogens (tertiary/aromatic N) is 1. The number of likely N-dealkylation sites (tertiary alicyclic amines) is 1. The number of aromatic hydroxyl groups is 1. The number of ether oxygens (including phenoxy) is 1. The second kappa shape index (κ2) is 9.64. The summed E-state index contributed by atoms with van der Waals surface area (Å²) in [5, 5.41) is 17.4. The Balaban J connectivity index is 0.000000236. The molecular weight excluding hydrogens is 325 g/mol. The lowest BCUT2D eigenvalue weighted by Crippen LogP contribution is -2.32. The summed E-state index contributed by atoms with van der Waals surface area (Å²) in [5.74, 6) is -0.163. The molecule has 134 valence electrons. The molecular formula is C19H22FNO4. The van der Waals surface area contributed by atoms with Gasteiger partial charge in [0.25, 0.3) is 5.91 Å². The third-order valence-electron chi connectivity index (χ3n) is 3.78. The van der Waals surface area contributed by atoms with Gasteiger partial charge in [-0.3, -0.25) is 4.79 Å². The van der Waals surface area contributed by atoms with E-state index >= 15 is 0 Å². The maximum Gasteiger partial charge on any atom is 0.260 e. The first-order valence-corrected chi connectivity index (χ1v) is 8.14. The maximum absolute atomic E-state index is 12.1. The number of hydrogen-bond donors (Lipinski definition) is 2. The van der Waals surface area contributed by atoms with Crippen LogP contribution in [0, 0.1) is 5.82 Å². The van der Waals surface area contributed by atoms with Gasteiger partial charge in [-0.25, -0.2) is 4.39 Å². The number of halogens is 1. The fourth-order valence-electron chi connectivity index (χ4n) is 2.35. The van der Waals surface area contributed by atoms with E-state index in [0.29, 0.717) is 5.75 Å². The van der Waals surface area contributed by atoms with Gasteiger partial charge in [0.2, 0.25) is 0 Å². The molecule has 1 aliphatic rings. The molecule has 5 nitrogen and oxygen atoms in total. The highest BCUT2D eigenvalue weighted by Gasteiger charge is 2.17. The lowest BCUT2D eigenvalue weighted by atomic mass is 10.2. The molecule has 1 amide bonds. The third kappa shape index (κ3) is 6.08. The van der Waals surface area contributed by atoms with Gasteiger partial charge in [-0.1, -0.05) is 24.3 Å². The number of amides is 1. The van der Waals surface area contributed by atoms with E-state index in [0.717, 1.165) is 31.5 Å². The third-order valence-corrected chi connectivity index (χ3v) is 3.78. The molecule has 2 N–H and O–H groups in total. The summed E-state index contributed by atoms with van der Waals surface area (Å²) in [6.07, 6.45) is 2.19. The van der Waals surface area contributed by atoms with Crippen LogP contribution < -0.4 is 4.74 Å². The molecule has 0 unspecified atom stereocenters. The predicted octanol–water partition coefficient (Wildman–Crippen LogP) is 2.71. The lowest BCUT2D eigenvalue weighted by molar-refractivity contribution is -0.132. The van der Waals surface area contributed by atoms with Crippen molar-refractivity contribution in [2.75, 3.05) is 19.7 Å². The molecule has 0 spiro atoms. The summed E-state index contributed by atoms with van der Waals surface area (Å²) >= 11 is 0. The predicted molar refractivity (Wildman–Crippen MR) is 91.7 cm³/mol. The zero-order valence-electron chi connectivity index (χ0n) is 13.9. The molecule has 6 heteroatoms. The monoisotopic (exact) mass is 347 g/mol. The zero-order valence-corrected chi connectivity index (χ0v) is 13.9. The van der Waals surface area contributed by atoms with E-state index in [-0.39, 0.29) is 24.9 Å². The number of benzene rings is 2. The van der Waals surface area contributed by atoms with Gasteiger partial charge in [-0.05, 0) is 42.7 Å². The molecule has 0 atom stereocenters. The second-order valence-electron chi connectivity index (χ2n) is 5.63. The number of hydrogen-bond acceptors (Lipinski definition) is 4. The number of aliphatic hydroxyl groups excluding tert-OH is 1. The summed E-state index contributed by atoms with van der Waals surface area (Å²) < 4.78 is 17.5. The smallest absolute Gasteiger partial charge is 0.260 e. The second-order valence-corrected chi connectivity index (χ2v) is 5.63. The van der Waals surface area contributed by atoms with Crippen LogP contribution in [-0.2, 0) is 11.4 Å². The van der Waals surface area contributed by atoms with Crippen LogP contribution in [0.15, 0.2) is 48.5 Å². The van der Waals surface area contributed by atoms with Gasteiger partial charge >= 0.3 is 0 Å². The molecule has 2 aromatic carbocycles. The summed E-state index contributed by atoms with van der Waals surface area (Å²) in [7, 11) is 0. The zero-order chi connectivity index (χ0) is 18.1. The van der Waals surface area contributed by atoms with E-state index < -0.39 is 5.82 Å². The molecule has 0 aromatic heterocycles. The molecule has 1 saturated heterocycles. The van der Waals surface area contributed by atoms with Crippen LogP contribution in [0.2, 0.25) is 0 Å². The normalized spacial score (nSPS) is 13.1. The number of carbonyl (C=O) groups excluding carboxylic acids is 1. The Morgan fingerprint density at radius 1 is 1.08 bits per heavy atom. The van der Waals surface area contributed by atoms with Crippen LogP contribution in [0.4, 0.5) is 4.39 Å². The van der Waals surface area contributed by atoms with Gasteiger partial charge in [-0.2, -0.15) is 0 Å². The quantitative estimate of drug-likeness (QED) is 0.892. The highest BCUT2D eigenvalue weighted by molar-refractivity contribution is 5.78. The van der Waals surface area contributed by atoms with E-state index in [2.05, 4.69) is 0 Å². The number of phenols is 1. The SMILES string of the molecule is O=C(COc1ccc(CO)cc1)N1CCCC1.Oc1ccccc1F. The van der Waals surface area contributed by atoms with Crippen molar-refractivity contribution in [3.8, 4) is 11.5 Å². The Kier molecular flexibility index (Phi) is 7.22. The Labute approximate surface area is 146 Å². The van der Waals surface area contributed by atoms with Crippen molar-refractivity contribution >= 4 is 5.91 Å². The Bertz CT molecular complexity index is 648. The van der Waals surface area contributed by atoms with Crippen LogP contribution in [0.1, 0.15) is 18.4 Å². The van der Waals surface area contributed by atoms with Crippen molar-refractivity contribution < 1.29 is 24.1 Å². The largest absolute Gasteiger partial charge is 0.505 e. The van der Waals surface area contributed by atoms with E-state index in [1.54, 1.807) is 30.3 Å². The number of para-hydroxylation sites is 1. The standard InChI is InChI=1S/C13H17NO3.C6H5FO/c15-9-11-3-5-12(6-4-11)17-10-13(16)14-7-1-2-8-14;7-5-3-1-2-4-6(5)8/h3-6,15H,1-2,7-10H2;1-4,8H. The van der Waals surface area contributed by atoms with Crippen LogP contribution in [0.3, 0.4) is 0 Å². The first-order chi connectivity index (χ1) is 12.1. The fourth-order valence-corrected chi connectivity index (χ4v) is 2.35. The minimum absolute atomic E-state index is 0.0208. The fraction of sp³-hybridized carbons (Fsp3) is 0.316. The maximum atomic E-state index is 12.1. The van der Waals surface area contributed by atoms with E-state index in [9.17, 15) is 9.18 Å². The first kappa shape index (κ1) is 18.7. The van der Waals surface area contributed by atoms with Crippen LogP contribution in [-0.4, -0.2) is 40.7 Å². The minimum Gasteiger partial charge on any atom is -0.505 e. The lowest BCUT2D eigenvalue weighted by Gasteiger charge is -2.15. The molecule has 1 heterocycles. The van der Waals surface area contributed by atoms with Crippen molar-refractivity contribution in [1.29, 1.82) is 0 Å². The van der Waals surface area contributed by atoms with Crippen molar-refractivity contribution in [1.82, 2.24) is 4.90 Å². The molecule has 0 saturated carbocycles. The molecule has 25 heavy (non-hydrogen) atoms. The van der Waals surface area contributed by atoms with Crippen LogP contribution in [0.25, 0.3) is 0 Å². The van der Waals surface area contributed by atoms with Crippen molar-refractivity contribution in [2.45, 2.75) is 19.4 Å². The Morgan fingerprint density at radius 3 is 2.24 bits per heavy atom. The minimum atomic E-state index is -0.576. The average molecular weight is 347 g/mol. The molecule has 0 radical (unpaired) electrons. The van der Waals surface area contributed by atoms with Crippen molar-refractivity contribution in [3.05, 3.63) is 59.9 Å². The van der Waals surface area contributed by atoms with Crippen molar-refractivity contribution in [2.24, 2.45) is 0 Å². The topological polar surface area (TPSA) is 70.0 Å². The molecule has 3 rings (SSSR count). The number of phenolic OH excluding ortho intramolecular Hbond substituents is 1. The molecule has 1 aliphatic heterocycles. The van der Waals surface area contributed by atoms with Crippen molar-refractivity contribution in [3.63, 3.8) is 0 Å². The number of rotatable bonds is 4. The summed E-state index contributed by atoms with van der Waals surface area (Å²) in [5.41, 5.74) is 0.836. The van der Waals surface area contributed by atoms with Gasteiger partial charge in [0.15, 0.2) is 18.2 Å². The first-order valence-electron chi connectivity index (χ1n) is 8.14. The van der Waals surface area contributed by atoms with E-state index in [4.69, 9.17) is 14.9 Å². The molecule has 0 bridgehead atoms. The van der Waals surface area contributed by atoms with E-state index in [1.165, 1.54) is 18.2 Å². The highest BCUT2D eigenvalue weighted by atomic mass is 19.1. The molecule has 1 fully saturated rings. The number of aliphatic hydroxyl groups is 1. The summed E-state index contributed by atoms with van der Waals surface area (Å²) in [6.45, 7) is 1.82. The van der Waals surface area contributed by atoms with Gasteiger partial charge in [0.1, 0.15) is 5.75 Å². The Hall–Kier alpha value is -2.60. The van der Waals surface area contributed by atoms with Gasteiger partial charge in [0, 0.05) is 13.1 Å².